The number of pyridine rings is 1. The molecule has 0 aliphatic heterocycles. The van der Waals surface area contributed by atoms with Gasteiger partial charge < -0.3 is 11.5 Å². The van der Waals surface area contributed by atoms with Crippen LogP contribution in [0.4, 0.5) is 5.82 Å². The molecular weight excluding hydrogens is 202 g/mol. The lowest BCUT2D eigenvalue weighted by molar-refractivity contribution is 0.0943. The van der Waals surface area contributed by atoms with E-state index in [9.17, 15) is 4.79 Å². The average molecular weight is 217 g/mol. The van der Waals surface area contributed by atoms with Gasteiger partial charge in [-0.2, -0.15) is 0 Å². The molecule has 0 saturated heterocycles. The topological polar surface area (TPSA) is 82.0 Å². The first-order chi connectivity index (χ1) is 7.59. The van der Waals surface area contributed by atoms with Gasteiger partial charge in [-0.15, -0.1) is 0 Å². The van der Waals surface area contributed by atoms with Crippen molar-refractivity contribution in [3.05, 3.63) is 35.5 Å². The van der Waals surface area contributed by atoms with E-state index >= 15 is 0 Å². The van der Waals surface area contributed by atoms with Crippen molar-refractivity contribution in [2.75, 3.05) is 5.73 Å². The van der Waals surface area contributed by atoms with Crippen molar-refractivity contribution in [1.82, 2.24) is 4.98 Å². The standard InChI is InChI=1S/C12H15N3O/c1-7-4-5-15-12(14)10(7)11(16)8-2-3-9(13)6-8/h2-5,8-9H,6,13H2,1H3,(H2,14,15). The minimum atomic E-state index is -0.153. The monoisotopic (exact) mass is 217 g/mol. The molecule has 0 bridgehead atoms. The highest BCUT2D eigenvalue weighted by atomic mass is 16.1. The smallest absolute Gasteiger partial charge is 0.173 e. The molecule has 0 aromatic carbocycles. The number of aromatic nitrogens is 1. The van der Waals surface area contributed by atoms with Gasteiger partial charge in [0.15, 0.2) is 5.78 Å². The Morgan fingerprint density at radius 2 is 2.25 bits per heavy atom. The van der Waals surface area contributed by atoms with Crippen LogP contribution in [0.1, 0.15) is 22.3 Å². The molecule has 84 valence electrons. The van der Waals surface area contributed by atoms with E-state index in [0.717, 1.165) is 5.56 Å². The Balaban J connectivity index is 2.31. The van der Waals surface area contributed by atoms with E-state index < -0.39 is 0 Å². The fourth-order valence-corrected chi connectivity index (χ4v) is 2.01. The number of carbonyl (C=O) groups is 1. The molecule has 2 unspecified atom stereocenters. The van der Waals surface area contributed by atoms with Gasteiger partial charge in [0.05, 0.1) is 5.56 Å². The number of aryl methyl sites for hydroxylation is 1. The van der Waals surface area contributed by atoms with Crippen molar-refractivity contribution in [2.45, 2.75) is 19.4 Å². The normalized spacial score (nSPS) is 23.6. The molecule has 1 aliphatic carbocycles. The molecule has 1 heterocycles. The molecule has 2 rings (SSSR count). The Hall–Kier alpha value is -1.68. The van der Waals surface area contributed by atoms with Crippen molar-refractivity contribution in [2.24, 2.45) is 11.7 Å². The summed E-state index contributed by atoms with van der Waals surface area (Å²) in [6.07, 6.45) is 5.99. The molecular formula is C12H15N3O. The van der Waals surface area contributed by atoms with Crippen LogP contribution in [-0.4, -0.2) is 16.8 Å². The third-order valence-corrected chi connectivity index (χ3v) is 2.89. The van der Waals surface area contributed by atoms with Gasteiger partial charge in [0.2, 0.25) is 0 Å². The number of nitrogens with two attached hydrogens (primary N) is 2. The van der Waals surface area contributed by atoms with Crippen molar-refractivity contribution in [3.8, 4) is 0 Å². The first-order valence-corrected chi connectivity index (χ1v) is 5.29. The van der Waals surface area contributed by atoms with Gasteiger partial charge in [-0.05, 0) is 25.0 Å². The fraction of sp³-hybridized carbons (Fsp3) is 0.333. The number of allylic oxidation sites excluding steroid dienone is 1. The van der Waals surface area contributed by atoms with Gasteiger partial charge in [-0.25, -0.2) is 4.98 Å². The Kier molecular flexibility index (Phi) is 2.75. The summed E-state index contributed by atoms with van der Waals surface area (Å²) in [7, 11) is 0. The summed E-state index contributed by atoms with van der Waals surface area (Å²) in [6.45, 7) is 1.86. The van der Waals surface area contributed by atoms with Crippen molar-refractivity contribution < 1.29 is 4.79 Å². The first kappa shape index (κ1) is 10.8. The summed E-state index contributed by atoms with van der Waals surface area (Å²) in [6, 6.07) is 1.77. The Morgan fingerprint density at radius 3 is 2.81 bits per heavy atom. The molecule has 1 aromatic rings. The minimum Gasteiger partial charge on any atom is -0.383 e. The van der Waals surface area contributed by atoms with Crippen LogP contribution < -0.4 is 11.5 Å². The molecule has 4 heteroatoms. The quantitative estimate of drug-likeness (QED) is 0.573. The third-order valence-electron chi connectivity index (χ3n) is 2.89. The van der Waals surface area contributed by atoms with Gasteiger partial charge >= 0.3 is 0 Å². The largest absolute Gasteiger partial charge is 0.383 e. The number of carbonyl (C=O) groups excluding carboxylic acids is 1. The molecule has 0 saturated carbocycles. The maximum absolute atomic E-state index is 12.2. The van der Waals surface area contributed by atoms with Gasteiger partial charge in [0, 0.05) is 18.2 Å². The van der Waals surface area contributed by atoms with Crippen LogP contribution in [0.15, 0.2) is 24.4 Å². The molecule has 0 amide bonds. The van der Waals surface area contributed by atoms with E-state index in [4.69, 9.17) is 11.5 Å². The highest BCUT2D eigenvalue weighted by Gasteiger charge is 2.26. The summed E-state index contributed by atoms with van der Waals surface area (Å²) in [5.74, 6) is 0.173. The zero-order valence-corrected chi connectivity index (χ0v) is 9.18. The average Bonchev–Trinajstić information content (AvgIpc) is 2.64. The maximum Gasteiger partial charge on any atom is 0.173 e. The predicted molar refractivity (Wildman–Crippen MR) is 62.9 cm³/mol. The van der Waals surface area contributed by atoms with Crippen LogP contribution in [0.5, 0.6) is 0 Å². The summed E-state index contributed by atoms with van der Waals surface area (Å²) in [4.78, 5) is 16.2. The van der Waals surface area contributed by atoms with E-state index in [0.29, 0.717) is 17.8 Å². The van der Waals surface area contributed by atoms with Crippen molar-refractivity contribution >= 4 is 11.6 Å². The van der Waals surface area contributed by atoms with E-state index in [2.05, 4.69) is 4.98 Å². The minimum absolute atomic E-state index is 0.0206. The molecule has 0 fully saturated rings. The molecule has 4 nitrogen and oxygen atoms in total. The highest BCUT2D eigenvalue weighted by Crippen LogP contribution is 2.25. The Morgan fingerprint density at radius 1 is 1.50 bits per heavy atom. The molecule has 0 radical (unpaired) electrons. The van der Waals surface area contributed by atoms with Crippen LogP contribution in [-0.2, 0) is 0 Å². The van der Waals surface area contributed by atoms with Crippen molar-refractivity contribution in [3.63, 3.8) is 0 Å². The Bertz CT molecular complexity index is 433. The number of hydrogen-bond donors (Lipinski definition) is 2. The van der Waals surface area contributed by atoms with Gasteiger partial charge in [0.1, 0.15) is 5.82 Å². The number of nitrogens with zero attached hydrogens (tertiary/aromatic N) is 1. The number of Topliss-reactive ketones (excluding diaryl/α,β-unsaturated/α-hetero) is 1. The van der Waals surface area contributed by atoms with Crippen molar-refractivity contribution in [1.29, 1.82) is 0 Å². The summed E-state index contributed by atoms with van der Waals surface area (Å²) < 4.78 is 0. The number of nitrogen functional groups attached to an aromatic ring is 1. The maximum atomic E-state index is 12.2. The lowest BCUT2D eigenvalue weighted by Crippen LogP contribution is -2.20. The second kappa shape index (κ2) is 4.06. The van der Waals surface area contributed by atoms with Gasteiger partial charge in [-0.1, -0.05) is 12.2 Å². The fourth-order valence-electron chi connectivity index (χ4n) is 2.01. The zero-order chi connectivity index (χ0) is 11.7. The van der Waals surface area contributed by atoms with Crippen LogP contribution in [0.25, 0.3) is 0 Å². The SMILES string of the molecule is Cc1ccnc(N)c1C(=O)C1C=CC(N)C1. The number of hydrogen-bond acceptors (Lipinski definition) is 4. The molecule has 1 aliphatic rings. The third kappa shape index (κ3) is 1.84. The van der Waals surface area contributed by atoms with E-state index in [1.54, 1.807) is 12.3 Å². The zero-order valence-electron chi connectivity index (χ0n) is 9.18. The second-order valence-corrected chi connectivity index (χ2v) is 4.14. The van der Waals surface area contributed by atoms with Crippen LogP contribution in [0, 0.1) is 12.8 Å². The molecule has 16 heavy (non-hydrogen) atoms. The summed E-state index contributed by atoms with van der Waals surface area (Å²) in [5, 5.41) is 0. The van der Waals surface area contributed by atoms with Gasteiger partial charge in [-0.3, -0.25) is 4.79 Å². The van der Waals surface area contributed by atoms with Crippen LogP contribution >= 0.6 is 0 Å². The molecule has 4 N–H and O–H groups in total. The number of anilines is 1. The van der Waals surface area contributed by atoms with Gasteiger partial charge in [0.25, 0.3) is 0 Å². The molecule has 0 spiro atoms. The van der Waals surface area contributed by atoms with E-state index in [-0.39, 0.29) is 17.7 Å². The van der Waals surface area contributed by atoms with Crippen LogP contribution in [0.3, 0.4) is 0 Å². The highest BCUT2D eigenvalue weighted by molar-refractivity contribution is 6.03. The van der Waals surface area contributed by atoms with E-state index in [1.807, 2.05) is 19.1 Å². The first-order valence-electron chi connectivity index (χ1n) is 5.29. The predicted octanol–water partition coefficient (Wildman–Crippen LogP) is 1.06. The second-order valence-electron chi connectivity index (χ2n) is 4.14. The molecule has 2 atom stereocenters. The number of rotatable bonds is 2. The summed E-state index contributed by atoms with van der Waals surface area (Å²) in [5.41, 5.74) is 12.9. The molecule has 1 aromatic heterocycles. The number of ketones is 1. The van der Waals surface area contributed by atoms with E-state index in [1.165, 1.54) is 0 Å². The Labute approximate surface area is 94.4 Å². The summed E-state index contributed by atoms with van der Waals surface area (Å²) >= 11 is 0. The lowest BCUT2D eigenvalue weighted by Gasteiger charge is -2.11. The van der Waals surface area contributed by atoms with Crippen LogP contribution in [0.2, 0.25) is 0 Å². The lowest BCUT2D eigenvalue weighted by atomic mass is 9.94.